The standard InChI is InChI=1S/C11H15F3O4/c1-6(2)9(11(12,13)14)18-8(15)5-17-10(16)7(3)4/h6,9H,3,5H2,1-2,4H3. The van der Waals surface area contributed by atoms with E-state index < -0.39 is 36.7 Å². The molecule has 0 aliphatic heterocycles. The molecule has 0 heterocycles. The number of halogens is 3. The largest absolute Gasteiger partial charge is 0.450 e. The first-order valence-corrected chi connectivity index (χ1v) is 5.14. The monoisotopic (exact) mass is 268 g/mol. The second kappa shape index (κ2) is 6.42. The van der Waals surface area contributed by atoms with Crippen molar-refractivity contribution in [1.82, 2.24) is 0 Å². The number of hydrogen-bond donors (Lipinski definition) is 0. The molecule has 0 aromatic heterocycles. The van der Waals surface area contributed by atoms with Crippen molar-refractivity contribution in [1.29, 1.82) is 0 Å². The van der Waals surface area contributed by atoms with E-state index in [1.165, 1.54) is 20.8 Å². The van der Waals surface area contributed by atoms with Crippen molar-refractivity contribution in [2.24, 2.45) is 5.92 Å². The van der Waals surface area contributed by atoms with Gasteiger partial charge in [0.15, 0.2) is 12.7 Å². The molecule has 18 heavy (non-hydrogen) atoms. The van der Waals surface area contributed by atoms with Crippen molar-refractivity contribution in [3.63, 3.8) is 0 Å². The molecule has 0 saturated heterocycles. The van der Waals surface area contributed by atoms with E-state index in [0.29, 0.717) is 0 Å². The predicted molar refractivity (Wildman–Crippen MR) is 56.5 cm³/mol. The van der Waals surface area contributed by atoms with E-state index in [1.54, 1.807) is 0 Å². The number of hydrogen-bond acceptors (Lipinski definition) is 4. The number of carbonyl (C=O) groups is 2. The van der Waals surface area contributed by atoms with Crippen molar-refractivity contribution in [2.45, 2.75) is 33.1 Å². The van der Waals surface area contributed by atoms with Gasteiger partial charge in [-0.15, -0.1) is 0 Å². The molecule has 4 nitrogen and oxygen atoms in total. The first-order chi connectivity index (χ1) is 8.05. The molecular formula is C11H15F3O4. The maximum Gasteiger partial charge on any atom is 0.425 e. The highest BCUT2D eigenvalue weighted by molar-refractivity contribution is 5.88. The molecule has 0 aromatic rings. The van der Waals surface area contributed by atoms with Crippen LogP contribution in [0.15, 0.2) is 12.2 Å². The van der Waals surface area contributed by atoms with Crippen molar-refractivity contribution in [3.05, 3.63) is 12.2 Å². The Balaban J connectivity index is 4.37. The minimum atomic E-state index is -4.65. The van der Waals surface area contributed by atoms with E-state index in [9.17, 15) is 22.8 Å². The van der Waals surface area contributed by atoms with Crippen LogP contribution in [0.3, 0.4) is 0 Å². The Morgan fingerprint density at radius 3 is 2.11 bits per heavy atom. The predicted octanol–water partition coefficient (Wildman–Crippen LogP) is 2.24. The van der Waals surface area contributed by atoms with Crippen LogP contribution in [0.25, 0.3) is 0 Å². The summed E-state index contributed by atoms with van der Waals surface area (Å²) in [6.07, 6.45) is -6.86. The lowest BCUT2D eigenvalue weighted by Crippen LogP contribution is -2.39. The highest BCUT2D eigenvalue weighted by Gasteiger charge is 2.44. The normalized spacial score (nSPS) is 13.1. The summed E-state index contributed by atoms with van der Waals surface area (Å²) in [5.74, 6) is -3.04. The van der Waals surface area contributed by atoms with Crippen molar-refractivity contribution < 1.29 is 32.2 Å². The molecule has 0 rings (SSSR count). The number of ether oxygens (including phenoxy) is 2. The molecule has 7 heteroatoms. The maximum atomic E-state index is 12.5. The minimum Gasteiger partial charge on any atom is -0.450 e. The van der Waals surface area contributed by atoms with Gasteiger partial charge < -0.3 is 9.47 Å². The van der Waals surface area contributed by atoms with Crippen LogP contribution in [0.5, 0.6) is 0 Å². The zero-order valence-corrected chi connectivity index (χ0v) is 10.3. The van der Waals surface area contributed by atoms with Crippen LogP contribution in [0.4, 0.5) is 13.2 Å². The molecule has 1 atom stereocenters. The number of rotatable bonds is 5. The van der Waals surface area contributed by atoms with Gasteiger partial charge in [-0.05, 0) is 12.8 Å². The Kier molecular flexibility index (Phi) is 5.87. The smallest absolute Gasteiger partial charge is 0.425 e. The quantitative estimate of drug-likeness (QED) is 0.566. The molecule has 0 saturated carbocycles. The lowest BCUT2D eigenvalue weighted by molar-refractivity contribution is -0.232. The third kappa shape index (κ3) is 5.70. The third-order valence-electron chi connectivity index (χ3n) is 1.86. The van der Waals surface area contributed by atoms with Crippen molar-refractivity contribution in [2.75, 3.05) is 6.61 Å². The van der Waals surface area contributed by atoms with E-state index in [2.05, 4.69) is 16.1 Å². The van der Waals surface area contributed by atoms with Crippen LogP contribution in [0, 0.1) is 5.92 Å². The molecule has 0 spiro atoms. The second-order valence-corrected chi connectivity index (χ2v) is 4.05. The number of alkyl halides is 3. The van der Waals surface area contributed by atoms with Crippen LogP contribution in [0.2, 0.25) is 0 Å². The van der Waals surface area contributed by atoms with Crippen LogP contribution < -0.4 is 0 Å². The lowest BCUT2D eigenvalue weighted by Gasteiger charge is -2.23. The Hall–Kier alpha value is -1.53. The molecule has 0 N–H and O–H groups in total. The highest BCUT2D eigenvalue weighted by atomic mass is 19.4. The van der Waals surface area contributed by atoms with Crippen LogP contribution in [-0.4, -0.2) is 30.8 Å². The van der Waals surface area contributed by atoms with E-state index in [4.69, 9.17) is 0 Å². The first-order valence-electron chi connectivity index (χ1n) is 5.14. The van der Waals surface area contributed by atoms with E-state index in [-0.39, 0.29) is 5.57 Å². The number of esters is 2. The zero-order valence-electron chi connectivity index (χ0n) is 10.3. The maximum absolute atomic E-state index is 12.5. The number of carbonyl (C=O) groups excluding carboxylic acids is 2. The van der Waals surface area contributed by atoms with Gasteiger partial charge in [-0.3, -0.25) is 0 Å². The van der Waals surface area contributed by atoms with Gasteiger partial charge in [0, 0.05) is 5.57 Å². The summed E-state index contributed by atoms with van der Waals surface area (Å²) in [7, 11) is 0. The van der Waals surface area contributed by atoms with Gasteiger partial charge >= 0.3 is 18.1 Å². The Bertz CT molecular complexity index is 334. The first kappa shape index (κ1) is 16.5. The summed E-state index contributed by atoms with van der Waals surface area (Å²) in [6.45, 7) is 6.27. The minimum absolute atomic E-state index is 0.0408. The van der Waals surface area contributed by atoms with Crippen LogP contribution >= 0.6 is 0 Å². The fourth-order valence-corrected chi connectivity index (χ4v) is 1.00. The zero-order chi connectivity index (χ0) is 14.5. The average Bonchev–Trinajstić information content (AvgIpc) is 2.20. The van der Waals surface area contributed by atoms with Crippen LogP contribution in [-0.2, 0) is 19.1 Å². The van der Waals surface area contributed by atoms with Gasteiger partial charge in [0.05, 0.1) is 0 Å². The summed E-state index contributed by atoms with van der Waals surface area (Å²) in [5, 5.41) is 0. The molecule has 1 unspecified atom stereocenters. The Morgan fingerprint density at radius 2 is 1.78 bits per heavy atom. The molecular weight excluding hydrogens is 253 g/mol. The van der Waals surface area contributed by atoms with Gasteiger partial charge in [0.1, 0.15) is 0 Å². The molecule has 104 valence electrons. The van der Waals surface area contributed by atoms with Gasteiger partial charge in [0.25, 0.3) is 0 Å². The molecule has 0 aliphatic carbocycles. The van der Waals surface area contributed by atoms with E-state index in [0.717, 1.165) is 0 Å². The lowest BCUT2D eigenvalue weighted by atomic mass is 10.1. The third-order valence-corrected chi connectivity index (χ3v) is 1.86. The summed E-state index contributed by atoms with van der Waals surface area (Å²) >= 11 is 0. The van der Waals surface area contributed by atoms with Gasteiger partial charge in [-0.1, -0.05) is 20.4 Å². The van der Waals surface area contributed by atoms with Crippen molar-refractivity contribution >= 4 is 11.9 Å². The highest BCUT2D eigenvalue weighted by Crippen LogP contribution is 2.28. The molecule has 0 radical (unpaired) electrons. The summed E-state index contributed by atoms with van der Waals surface area (Å²) in [4.78, 5) is 22.0. The summed E-state index contributed by atoms with van der Waals surface area (Å²) < 4.78 is 46.0. The molecule has 0 fully saturated rings. The molecule has 0 aliphatic rings. The molecule has 0 amide bonds. The SMILES string of the molecule is C=C(C)C(=O)OCC(=O)OC(C(C)C)C(F)(F)F. The van der Waals surface area contributed by atoms with Gasteiger partial charge in [-0.25, -0.2) is 9.59 Å². The summed E-state index contributed by atoms with van der Waals surface area (Å²) in [6, 6.07) is 0. The topological polar surface area (TPSA) is 52.6 Å². The fraction of sp³-hybridized carbons (Fsp3) is 0.636. The van der Waals surface area contributed by atoms with Crippen molar-refractivity contribution in [3.8, 4) is 0 Å². The second-order valence-electron chi connectivity index (χ2n) is 4.05. The van der Waals surface area contributed by atoms with Gasteiger partial charge in [0.2, 0.25) is 0 Å². The van der Waals surface area contributed by atoms with Gasteiger partial charge in [-0.2, -0.15) is 13.2 Å². The summed E-state index contributed by atoms with van der Waals surface area (Å²) in [5.41, 5.74) is 0.0408. The van der Waals surface area contributed by atoms with E-state index in [1.807, 2.05) is 0 Å². The van der Waals surface area contributed by atoms with Crippen LogP contribution in [0.1, 0.15) is 20.8 Å². The van der Waals surface area contributed by atoms with E-state index >= 15 is 0 Å². The average molecular weight is 268 g/mol. The Morgan fingerprint density at radius 1 is 1.28 bits per heavy atom. The fourth-order valence-electron chi connectivity index (χ4n) is 1.00. The molecule has 0 bridgehead atoms. The Labute approximate surface area is 103 Å². The molecule has 0 aromatic carbocycles.